The van der Waals surface area contributed by atoms with Gasteiger partial charge in [-0.25, -0.2) is 4.98 Å². The van der Waals surface area contributed by atoms with E-state index in [1.165, 1.54) is 0 Å². The van der Waals surface area contributed by atoms with Gasteiger partial charge in [-0.1, -0.05) is 12.1 Å². The Kier molecular flexibility index (Phi) is 3.12. The normalized spacial score (nSPS) is 16.5. The lowest BCUT2D eigenvalue weighted by Crippen LogP contribution is -2.40. The number of rotatable bonds is 2. The van der Waals surface area contributed by atoms with E-state index in [4.69, 9.17) is 15.2 Å². The van der Waals surface area contributed by atoms with Crippen molar-refractivity contribution >= 4 is 17.4 Å². The van der Waals surface area contributed by atoms with Crippen molar-refractivity contribution in [3.05, 3.63) is 42.6 Å². The van der Waals surface area contributed by atoms with Gasteiger partial charge in [0.2, 0.25) is 6.10 Å². The van der Waals surface area contributed by atoms with Crippen molar-refractivity contribution in [2.24, 2.45) is 0 Å². The highest BCUT2D eigenvalue weighted by atomic mass is 16.6. The van der Waals surface area contributed by atoms with Crippen LogP contribution >= 0.6 is 0 Å². The lowest BCUT2D eigenvalue weighted by Gasteiger charge is -2.25. The third-order valence-corrected chi connectivity index (χ3v) is 2.88. The lowest BCUT2D eigenvalue weighted by molar-refractivity contribution is -0.125. The number of ether oxygens (including phenoxy) is 2. The Hall–Kier alpha value is -2.76. The van der Waals surface area contributed by atoms with Crippen LogP contribution in [0.15, 0.2) is 42.6 Å². The fourth-order valence-electron chi connectivity index (χ4n) is 1.87. The van der Waals surface area contributed by atoms with Crippen molar-refractivity contribution in [2.45, 2.75) is 6.10 Å². The van der Waals surface area contributed by atoms with Crippen LogP contribution in [-0.4, -0.2) is 23.6 Å². The van der Waals surface area contributed by atoms with Gasteiger partial charge in [-0.15, -0.1) is 0 Å². The molecule has 0 aliphatic carbocycles. The summed E-state index contributed by atoms with van der Waals surface area (Å²) in [5, 5.41) is 2.63. The molecule has 1 atom stereocenters. The Labute approximate surface area is 115 Å². The van der Waals surface area contributed by atoms with Crippen molar-refractivity contribution in [2.75, 3.05) is 17.7 Å². The number of pyridine rings is 1. The lowest BCUT2D eigenvalue weighted by atomic mass is 10.2. The van der Waals surface area contributed by atoms with Crippen molar-refractivity contribution in [3.63, 3.8) is 0 Å². The fraction of sp³-hybridized carbons (Fsp3) is 0.143. The maximum absolute atomic E-state index is 12.1. The van der Waals surface area contributed by atoms with E-state index in [1.807, 2.05) is 12.1 Å². The molecule has 102 valence electrons. The Balaban J connectivity index is 1.72. The number of carbonyl (C=O) groups excluding carboxylic acids is 1. The van der Waals surface area contributed by atoms with E-state index in [0.29, 0.717) is 23.0 Å². The van der Waals surface area contributed by atoms with Crippen LogP contribution in [-0.2, 0) is 4.79 Å². The van der Waals surface area contributed by atoms with E-state index >= 15 is 0 Å². The Morgan fingerprint density at radius 1 is 1.25 bits per heavy atom. The van der Waals surface area contributed by atoms with Gasteiger partial charge >= 0.3 is 0 Å². The molecule has 3 N–H and O–H groups in total. The van der Waals surface area contributed by atoms with Crippen LogP contribution in [0.1, 0.15) is 0 Å². The predicted molar refractivity (Wildman–Crippen MR) is 73.6 cm³/mol. The molecule has 0 fully saturated rings. The molecule has 20 heavy (non-hydrogen) atoms. The summed E-state index contributed by atoms with van der Waals surface area (Å²) in [7, 11) is 0. The van der Waals surface area contributed by atoms with Crippen LogP contribution in [0.2, 0.25) is 0 Å². The minimum absolute atomic E-state index is 0.148. The second-order valence-corrected chi connectivity index (χ2v) is 4.29. The highest BCUT2D eigenvalue weighted by molar-refractivity contribution is 5.96. The quantitative estimate of drug-likeness (QED) is 0.863. The molecule has 1 amide bonds. The van der Waals surface area contributed by atoms with E-state index in [9.17, 15) is 4.79 Å². The molecule has 1 aliphatic rings. The molecule has 0 radical (unpaired) electrons. The van der Waals surface area contributed by atoms with Crippen molar-refractivity contribution < 1.29 is 14.3 Å². The fourth-order valence-corrected chi connectivity index (χ4v) is 1.87. The molecule has 0 spiro atoms. The summed E-state index contributed by atoms with van der Waals surface area (Å²) in [6.45, 7) is 0.148. The number of nitrogens with zero attached hydrogens (tertiary/aromatic N) is 1. The zero-order valence-electron chi connectivity index (χ0n) is 10.6. The second kappa shape index (κ2) is 5.08. The number of nitrogens with two attached hydrogens (primary N) is 1. The maximum atomic E-state index is 12.1. The van der Waals surface area contributed by atoms with Crippen molar-refractivity contribution in [3.8, 4) is 11.5 Å². The summed E-state index contributed by atoms with van der Waals surface area (Å²) in [4.78, 5) is 16.1. The van der Waals surface area contributed by atoms with Gasteiger partial charge in [0.15, 0.2) is 17.3 Å². The number of fused-ring (bicyclic) bond motifs is 1. The second-order valence-electron chi connectivity index (χ2n) is 4.29. The van der Waals surface area contributed by atoms with Crippen LogP contribution in [0.3, 0.4) is 0 Å². The Bertz CT molecular complexity index is 645. The zero-order chi connectivity index (χ0) is 13.9. The molecule has 1 unspecified atom stereocenters. The topological polar surface area (TPSA) is 86.5 Å². The number of nitrogen functional groups attached to an aromatic ring is 1. The van der Waals surface area contributed by atoms with Crippen LogP contribution in [0.4, 0.5) is 11.5 Å². The molecule has 0 saturated heterocycles. The van der Waals surface area contributed by atoms with Gasteiger partial charge in [-0.05, 0) is 24.3 Å². The summed E-state index contributed by atoms with van der Waals surface area (Å²) in [6.07, 6.45) is 0.825. The van der Waals surface area contributed by atoms with Gasteiger partial charge in [-0.2, -0.15) is 0 Å². The molecule has 3 rings (SSSR count). The monoisotopic (exact) mass is 271 g/mol. The Morgan fingerprint density at radius 3 is 2.85 bits per heavy atom. The smallest absolute Gasteiger partial charge is 0.270 e. The predicted octanol–water partition coefficient (Wildman–Crippen LogP) is 1.44. The highest BCUT2D eigenvalue weighted by Gasteiger charge is 2.27. The molecule has 0 saturated carbocycles. The summed E-state index contributed by atoms with van der Waals surface area (Å²) < 4.78 is 11.1. The number of benzene rings is 1. The summed E-state index contributed by atoms with van der Waals surface area (Å²) in [5.74, 6) is 1.16. The number of hydrogen-bond donors (Lipinski definition) is 2. The molecule has 2 heterocycles. The number of aromatic nitrogens is 1. The standard InChI is InChI=1S/C14H13N3O3/c15-9-4-3-7-16-13(9)17-14(18)12-8-19-10-5-1-2-6-11(10)20-12/h1-7,12H,8,15H2,(H,16,17,18). The molecular formula is C14H13N3O3. The summed E-state index contributed by atoms with van der Waals surface area (Å²) >= 11 is 0. The maximum Gasteiger partial charge on any atom is 0.270 e. The van der Waals surface area contributed by atoms with Crippen LogP contribution in [0.25, 0.3) is 0 Å². The average Bonchev–Trinajstić information content (AvgIpc) is 2.49. The number of para-hydroxylation sites is 2. The summed E-state index contributed by atoms with van der Waals surface area (Å²) in [5.41, 5.74) is 6.13. The van der Waals surface area contributed by atoms with E-state index in [-0.39, 0.29) is 12.5 Å². The first-order valence-corrected chi connectivity index (χ1v) is 6.14. The van der Waals surface area contributed by atoms with E-state index < -0.39 is 6.10 Å². The summed E-state index contributed by atoms with van der Waals surface area (Å²) in [6, 6.07) is 10.6. The Morgan fingerprint density at radius 2 is 2.05 bits per heavy atom. The van der Waals surface area contributed by atoms with Crippen LogP contribution in [0, 0.1) is 0 Å². The van der Waals surface area contributed by atoms with Gasteiger partial charge in [0.25, 0.3) is 5.91 Å². The largest absolute Gasteiger partial charge is 0.485 e. The number of hydrogen-bond acceptors (Lipinski definition) is 5. The van der Waals surface area contributed by atoms with E-state index in [2.05, 4.69) is 10.3 Å². The first kappa shape index (κ1) is 12.3. The first-order chi connectivity index (χ1) is 9.74. The minimum Gasteiger partial charge on any atom is -0.485 e. The zero-order valence-corrected chi connectivity index (χ0v) is 10.6. The molecule has 6 nitrogen and oxygen atoms in total. The SMILES string of the molecule is Nc1cccnc1NC(=O)C1COc2ccccc2O1. The van der Waals surface area contributed by atoms with Crippen molar-refractivity contribution in [1.29, 1.82) is 0 Å². The molecule has 1 aromatic heterocycles. The number of nitrogens with one attached hydrogen (secondary N) is 1. The number of amides is 1. The van der Waals surface area contributed by atoms with Crippen LogP contribution in [0.5, 0.6) is 11.5 Å². The molecule has 2 aromatic rings. The highest BCUT2D eigenvalue weighted by Crippen LogP contribution is 2.31. The average molecular weight is 271 g/mol. The van der Waals surface area contributed by atoms with Gasteiger partial charge in [0.05, 0.1) is 5.69 Å². The van der Waals surface area contributed by atoms with Crippen LogP contribution < -0.4 is 20.5 Å². The van der Waals surface area contributed by atoms with E-state index in [0.717, 1.165) is 0 Å². The van der Waals surface area contributed by atoms with E-state index in [1.54, 1.807) is 30.5 Å². The number of anilines is 2. The molecular weight excluding hydrogens is 258 g/mol. The van der Waals surface area contributed by atoms with Crippen molar-refractivity contribution in [1.82, 2.24) is 4.98 Å². The van der Waals surface area contributed by atoms with Gasteiger partial charge in [0.1, 0.15) is 6.61 Å². The third kappa shape index (κ3) is 2.35. The van der Waals surface area contributed by atoms with Gasteiger partial charge < -0.3 is 20.5 Å². The molecule has 0 bridgehead atoms. The molecule has 1 aliphatic heterocycles. The minimum atomic E-state index is -0.730. The van der Waals surface area contributed by atoms with Gasteiger partial charge in [-0.3, -0.25) is 4.79 Å². The number of carbonyl (C=O) groups is 1. The molecule has 1 aromatic carbocycles. The third-order valence-electron chi connectivity index (χ3n) is 2.88. The molecule has 6 heteroatoms. The van der Waals surface area contributed by atoms with Gasteiger partial charge in [0, 0.05) is 6.20 Å². The first-order valence-electron chi connectivity index (χ1n) is 6.14.